The van der Waals surface area contributed by atoms with Crippen LogP contribution in [0.15, 0.2) is 36.4 Å². The molecule has 27 heavy (non-hydrogen) atoms. The van der Waals surface area contributed by atoms with Crippen LogP contribution in [-0.2, 0) is 9.59 Å². The molecule has 0 saturated carbocycles. The zero-order valence-electron chi connectivity index (χ0n) is 14.8. The first-order chi connectivity index (χ1) is 13.0. The molecule has 6 nitrogen and oxygen atoms in total. The highest BCUT2D eigenvalue weighted by atomic mass is 35.5. The highest BCUT2D eigenvalue weighted by molar-refractivity contribution is 6.30. The first kappa shape index (κ1) is 17.7. The summed E-state index contributed by atoms with van der Waals surface area (Å²) < 4.78 is 11.1. The molecule has 0 aromatic heterocycles. The fraction of sp³-hybridized carbons (Fsp3) is 0.300. The zero-order chi connectivity index (χ0) is 19.0. The predicted molar refractivity (Wildman–Crippen MR) is 103 cm³/mol. The molecule has 140 valence electrons. The van der Waals surface area contributed by atoms with E-state index in [0.717, 1.165) is 5.56 Å². The number of rotatable bonds is 3. The molecule has 2 amide bonds. The van der Waals surface area contributed by atoms with Crippen LogP contribution in [0.25, 0.3) is 0 Å². The third-order valence-electron chi connectivity index (χ3n) is 4.78. The number of aryl methyl sites for hydroxylation is 1. The Morgan fingerprint density at radius 3 is 2.70 bits per heavy atom. The van der Waals surface area contributed by atoms with Crippen LogP contribution in [0, 0.1) is 12.8 Å². The molecule has 0 aliphatic carbocycles. The normalized spacial score (nSPS) is 18.5. The van der Waals surface area contributed by atoms with Crippen molar-refractivity contribution in [3.05, 3.63) is 47.0 Å². The predicted octanol–water partition coefficient (Wildman–Crippen LogP) is 3.41. The quantitative estimate of drug-likeness (QED) is 0.877. The molecule has 7 heteroatoms. The van der Waals surface area contributed by atoms with Gasteiger partial charge in [-0.05, 0) is 42.8 Å². The molecule has 2 aromatic rings. The second-order valence-electron chi connectivity index (χ2n) is 6.68. The average Bonchev–Trinajstić information content (AvgIpc) is 3.05. The van der Waals surface area contributed by atoms with Crippen molar-refractivity contribution < 1.29 is 19.1 Å². The Morgan fingerprint density at radius 1 is 1.15 bits per heavy atom. The summed E-state index contributed by atoms with van der Waals surface area (Å²) in [6.07, 6.45) is 0.174. The van der Waals surface area contributed by atoms with Crippen molar-refractivity contribution in [2.45, 2.75) is 13.3 Å². The maximum atomic E-state index is 12.6. The number of halogens is 1. The second-order valence-corrected chi connectivity index (χ2v) is 7.12. The lowest BCUT2D eigenvalue weighted by Crippen LogP contribution is -2.28. The fourth-order valence-corrected chi connectivity index (χ4v) is 3.56. The molecular weight excluding hydrogens is 368 g/mol. The Morgan fingerprint density at radius 2 is 1.93 bits per heavy atom. The molecular formula is C20H19ClN2O4. The van der Waals surface area contributed by atoms with Crippen LogP contribution in [-0.4, -0.2) is 31.6 Å². The SMILES string of the molecule is Cc1cc(Cl)ccc1NC(=O)[C@@H]1CC(=O)N(c2ccc3c(c2)OCCO3)C1. The van der Waals surface area contributed by atoms with Gasteiger partial charge in [-0.3, -0.25) is 9.59 Å². The largest absolute Gasteiger partial charge is 0.486 e. The second kappa shape index (κ2) is 7.12. The van der Waals surface area contributed by atoms with E-state index < -0.39 is 5.92 Å². The van der Waals surface area contributed by atoms with Gasteiger partial charge in [-0.2, -0.15) is 0 Å². The minimum Gasteiger partial charge on any atom is -0.486 e. The lowest BCUT2D eigenvalue weighted by atomic mass is 10.1. The van der Waals surface area contributed by atoms with Crippen molar-refractivity contribution in [3.8, 4) is 11.5 Å². The Hall–Kier alpha value is -2.73. The third-order valence-corrected chi connectivity index (χ3v) is 5.01. The molecule has 0 unspecified atom stereocenters. The van der Waals surface area contributed by atoms with Gasteiger partial charge < -0.3 is 19.7 Å². The summed E-state index contributed by atoms with van der Waals surface area (Å²) in [5, 5.41) is 3.52. The van der Waals surface area contributed by atoms with Gasteiger partial charge >= 0.3 is 0 Å². The fourth-order valence-electron chi connectivity index (χ4n) is 3.33. The lowest BCUT2D eigenvalue weighted by Gasteiger charge is -2.22. The first-order valence-electron chi connectivity index (χ1n) is 8.78. The molecule has 1 fully saturated rings. The van der Waals surface area contributed by atoms with Gasteiger partial charge in [-0.1, -0.05) is 11.6 Å². The summed E-state index contributed by atoms with van der Waals surface area (Å²) >= 11 is 5.95. The van der Waals surface area contributed by atoms with E-state index in [1.807, 2.05) is 13.0 Å². The van der Waals surface area contributed by atoms with E-state index >= 15 is 0 Å². The van der Waals surface area contributed by atoms with Crippen LogP contribution in [0.5, 0.6) is 11.5 Å². The van der Waals surface area contributed by atoms with Crippen LogP contribution in [0.1, 0.15) is 12.0 Å². The summed E-state index contributed by atoms with van der Waals surface area (Å²) in [7, 11) is 0. The Bertz CT molecular complexity index is 915. The Kier molecular flexibility index (Phi) is 4.66. The number of nitrogens with zero attached hydrogens (tertiary/aromatic N) is 1. The number of hydrogen-bond donors (Lipinski definition) is 1. The van der Waals surface area contributed by atoms with Gasteiger partial charge in [-0.25, -0.2) is 0 Å². The molecule has 2 aliphatic heterocycles. The van der Waals surface area contributed by atoms with Crippen LogP contribution >= 0.6 is 11.6 Å². The summed E-state index contributed by atoms with van der Waals surface area (Å²) in [6.45, 7) is 3.21. The van der Waals surface area contributed by atoms with E-state index in [0.29, 0.717) is 47.7 Å². The van der Waals surface area contributed by atoms with Crippen LogP contribution in [0.3, 0.4) is 0 Å². The third kappa shape index (κ3) is 3.57. The number of carbonyl (C=O) groups excluding carboxylic acids is 2. The van der Waals surface area contributed by atoms with Gasteiger partial charge in [0.2, 0.25) is 11.8 Å². The van der Waals surface area contributed by atoms with Crippen LogP contribution in [0.4, 0.5) is 11.4 Å². The maximum Gasteiger partial charge on any atom is 0.229 e. The van der Waals surface area contributed by atoms with E-state index in [4.69, 9.17) is 21.1 Å². The number of carbonyl (C=O) groups is 2. The summed E-state index contributed by atoms with van der Waals surface area (Å²) in [6, 6.07) is 10.7. The van der Waals surface area contributed by atoms with E-state index in [2.05, 4.69) is 5.32 Å². The number of benzene rings is 2. The topological polar surface area (TPSA) is 67.9 Å². The average molecular weight is 387 g/mol. The smallest absolute Gasteiger partial charge is 0.229 e. The maximum absolute atomic E-state index is 12.6. The van der Waals surface area contributed by atoms with Gasteiger partial charge in [0.15, 0.2) is 11.5 Å². The molecule has 1 atom stereocenters. The number of fused-ring (bicyclic) bond motifs is 1. The van der Waals surface area contributed by atoms with Crippen LogP contribution < -0.4 is 19.7 Å². The van der Waals surface area contributed by atoms with Gasteiger partial charge in [0.25, 0.3) is 0 Å². The van der Waals surface area contributed by atoms with Crippen molar-refractivity contribution in [3.63, 3.8) is 0 Å². The molecule has 0 bridgehead atoms. The summed E-state index contributed by atoms with van der Waals surface area (Å²) in [4.78, 5) is 26.7. The van der Waals surface area contributed by atoms with Crippen molar-refractivity contribution >= 4 is 34.8 Å². The monoisotopic (exact) mass is 386 g/mol. The van der Waals surface area contributed by atoms with E-state index in [1.54, 1.807) is 35.2 Å². The minimum atomic E-state index is -0.416. The molecule has 0 spiro atoms. The van der Waals surface area contributed by atoms with Crippen molar-refractivity contribution in [1.29, 1.82) is 0 Å². The standard InChI is InChI=1S/C20H19ClN2O4/c1-12-8-14(21)2-4-16(12)22-20(25)13-9-19(24)23(11-13)15-3-5-17-18(10-15)27-7-6-26-17/h2-5,8,10,13H,6-7,9,11H2,1H3,(H,22,25)/t13-/m1/s1. The minimum absolute atomic E-state index is 0.0837. The number of hydrogen-bond acceptors (Lipinski definition) is 4. The molecule has 1 N–H and O–H groups in total. The van der Waals surface area contributed by atoms with Gasteiger partial charge in [0.05, 0.1) is 5.92 Å². The summed E-state index contributed by atoms with van der Waals surface area (Å²) in [5.74, 6) is 0.620. The number of anilines is 2. The molecule has 0 radical (unpaired) electrons. The lowest BCUT2D eigenvalue weighted by molar-refractivity contribution is -0.122. The first-order valence-corrected chi connectivity index (χ1v) is 9.16. The number of amides is 2. The number of nitrogens with one attached hydrogen (secondary N) is 1. The molecule has 1 saturated heterocycles. The Balaban J connectivity index is 1.48. The summed E-state index contributed by atoms with van der Waals surface area (Å²) in [5.41, 5.74) is 2.29. The van der Waals surface area contributed by atoms with Gasteiger partial charge in [-0.15, -0.1) is 0 Å². The van der Waals surface area contributed by atoms with Crippen molar-refractivity contribution in [2.75, 3.05) is 30.0 Å². The highest BCUT2D eigenvalue weighted by Gasteiger charge is 2.35. The van der Waals surface area contributed by atoms with Crippen LogP contribution in [0.2, 0.25) is 5.02 Å². The van der Waals surface area contributed by atoms with Gasteiger partial charge in [0.1, 0.15) is 13.2 Å². The highest BCUT2D eigenvalue weighted by Crippen LogP contribution is 2.36. The van der Waals surface area contributed by atoms with E-state index in [-0.39, 0.29) is 18.2 Å². The Labute approximate surface area is 162 Å². The number of ether oxygens (including phenoxy) is 2. The van der Waals surface area contributed by atoms with E-state index in [1.165, 1.54) is 0 Å². The zero-order valence-corrected chi connectivity index (χ0v) is 15.6. The molecule has 2 aromatic carbocycles. The van der Waals surface area contributed by atoms with Crippen molar-refractivity contribution in [2.24, 2.45) is 5.92 Å². The molecule has 4 rings (SSSR count). The molecule has 2 aliphatic rings. The van der Waals surface area contributed by atoms with E-state index in [9.17, 15) is 9.59 Å². The van der Waals surface area contributed by atoms with Crippen molar-refractivity contribution in [1.82, 2.24) is 0 Å². The molecule has 2 heterocycles. The van der Waals surface area contributed by atoms with Gasteiger partial charge in [0, 0.05) is 35.4 Å².